The lowest BCUT2D eigenvalue weighted by atomic mass is 9.97. The van der Waals surface area contributed by atoms with E-state index in [4.69, 9.17) is 9.47 Å². The Hall–Kier alpha value is -3.07. The first-order valence-corrected chi connectivity index (χ1v) is 9.38. The summed E-state index contributed by atoms with van der Waals surface area (Å²) in [6.07, 6.45) is 2.29. The zero-order chi connectivity index (χ0) is 18.9. The van der Waals surface area contributed by atoms with Crippen LogP contribution in [0, 0.1) is 0 Å². The number of carbonyl (C=O) groups excluding carboxylic acids is 1. The molecule has 0 aliphatic rings. The summed E-state index contributed by atoms with van der Waals surface area (Å²) in [6.45, 7) is 2.49. The highest BCUT2D eigenvalue weighted by Crippen LogP contribution is 2.39. The number of hydrogen-bond acceptors (Lipinski definition) is 3. The number of benzene rings is 3. The second kappa shape index (κ2) is 9.58. The Bertz CT molecular complexity index is 800. The third-order valence-corrected chi connectivity index (χ3v) is 4.34. The fourth-order valence-corrected chi connectivity index (χ4v) is 2.96. The van der Waals surface area contributed by atoms with E-state index in [-0.39, 0.29) is 0 Å². The van der Waals surface area contributed by atoms with Gasteiger partial charge in [0.1, 0.15) is 5.75 Å². The number of unbranched alkanes of at least 4 members (excludes halogenated alkanes) is 2. The zero-order valence-electron chi connectivity index (χ0n) is 15.6. The molecule has 3 heteroatoms. The van der Waals surface area contributed by atoms with Gasteiger partial charge in [0.05, 0.1) is 6.61 Å². The van der Waals surface area contributed by atoms with Crippen LogP contribution in [0.3, 0.4) is 0 Å². The van der Waals surface area contributed by atoms with Crippen LogP contribution in [-0.4, -0.2) is 12.8 Å². The predicted molar refractivity (Wildman–Crippen MR) is 109 cm³/mol. The molecular weight excluding hydrogens is 336 g/mol. The van der Waals surface area contributed by atoms with Gasteiger partial charge in [0.2, 0.25) is 0 Å². The summed E-state index contributed by atoms with van der Waals surface area (Å²) >= 11 is 0. The van der Waals surface area contributed by atoms with Crippen molar-refractivity contribution in [2.45, 2.75) is 26.2 Å². The fourth-order valence-electron chi connectivity index (χ4n) is 2.96. The number of ether oxygens (including phenoxy) is 2. The Morgan fingerprint density at radius 2 is 1.30 bits per heavy atom. The van der Waals surface area contributed by atoms with Crippen molar-refractivity contribution in [2.75, 3.05) is 6.61 Å². The van der Waals surface area contributed by atoms with Gasteiger partial charge in [-0.2, -0.15) is 0 Å². The van der Waals surface area contributed by atoms with Gasteiger partial charge >= 0.3 is 6.16 Å². The van der Waals surface area contributed by atoms with Crippen LogP contribution in [0.4, 0.5) is 4.79 Å². The molecule has 0 aromatic heterocycles. The molecule has 0 saturated carbocycles. The Morgan fingerprint density at radius 1 is 0.741 bits per heavy atom. The molecule has 0 heterocycles. The molecule has 0 amide bonds. The maximum atomic E-state index is 12.3. The van der Waals surface area contributed by atoms with Gasteiger partial charge in [-0.1, -0.05) is 98.6 Å². The number of rotatable bonds is 7. The molecule has 0 radical (unpaired) electrons. The van der Waals surface area contributed by atoms with Crippen molar-refractivity contribution in [3.8, 4) is 28.0 Å². The molecule has 0 bridgehead atoms. The minimum Gasteiger partial charge on any atom is -0.434 e. The van der Waals surface area contributed by atoms with Crippen molar-refractivity contribution in [3.63, 3.8) is 0 Å². The number of hydrogen-bond donors (Lipinski definition) is 0. The molecule has 0 aliphatic heterocycles. The average molecular weight is 360 g/mol. The van der Waals surface area contributed by atoms with Gasteiger partial charge in [0.25, 0.3) is 0 Å². The van der Waals surface area contributed by atoms with E-state index in [0.717, 1.165) is 41.5 Å². The van der Waals surface area contributed by atoms with Crippen LogP contribution < -0.4 is 4.74 Å². The van der Waals surface area contributed by atoms with Crippen LogP contribution in [-0.2, 0) is 4.74 Å². The van der Waals surface area contributed by atoms with Crippen molar-refractivity contribution in [1.29, 1.82) is 0 Å². The monoisotopic (exact) mass is 360 g/mol. The molecular formula is C24H24O3. The number of carbonyl (C=O) groups is 1. The molecule has 3 aromatic carbocycles. The van der Waals surface area contributed by atoms with Crippen molar-refractivity contribution in [2.24, 2.45) is 0 Å². The Labute approximate surface area is 160 Å². The Morgan fingerprint density at radius 3 is 1.81 bits per heavy atom. The molecule has 3 rings (SSSR count). The summed E-state index contributed by atoms with van der Waals surface area (Å²) in [5, 5.41) is 0. The molecule has 27 heavy (non-hydrogen) atoms. The average Bonchev–Trinajstić information content (AvgIpc) is 2.73. The van der Waals surface area contributed by atoms with Gasteiger partial charge in [-0.05, 0) is 17.5 Å². The molecule has 0 saturated heterocycles. The van der Waals surface area contributed by atoms with Crippen LogP contribution in [0.2, 0.25) is 0 Å². The van der Waals surface area contributed by atoms with Crippen LogP contribution in [0.1, 0.15) is 26.2 Å². The highest BCUT2D eigenvalue weighted by atomic mass is 16.7. The summed E-state index contributed by atoms with van der Waals surface area (Å²) in [7, 11) is 0. The van der Waals surface area contributed by atoms with Crippen molar-refractivity contribution in [3.05, 3.63) is 78.9 Å². The molecule has 0 unspecified atom stereocenters. The largest absolute Gasteiger partial charge is 0.513 e. The molecule has 0 aliphatic carbocycles. The van der Waals surface area contributed by atoms with E-state index in [2.05, 4.69) is 6.92 Å². The summed E-state index contributed by atoms with van der Waals surface area (Å²) in [5.41, 5.74) is 3.71. The van der Waals surface area contributed by atoms with Crippen LogP contribution in [0.15, 0.2) is 78.9 Å². The normalized spacial score (nSPS) is 10.4. The Kier molecular flexibility index (Phi) is 6.64. The summed E-state index contributed by atoms with van der Waals surface area (Å²) < 4.78 is 11.0. The van der Waals surface area contributed by atoms with E-state index in [9.17, 15) is 4.79 Å². The SMILES string of the molecule is CCCCCOC(=O)Oc1c(-c2ccccc2)cccc1-c1ccccc1. The second-order valence-corrected chi connectivity index (χ2v) is 6.32. The van der Waals surface area contributed by atoms with E-state index in [1.165, 1.54) is 0 Å². The van der Waals surface area contributed by atoms with Gasteiger partial charge in [-0.15, -0.1) is 0 Å². The maximum Gasteiger partial charge on any atom is 0.513 e. The molecule has 3 aromatic rings. The van der Waals surface area contributed by atoms with Crippen LogP contribution in [0.25, 0.3) is 22.3 Å². The predicted octanol–water partition coefficient (Wildman–Crippen LogP) is 6.73. The first-order valence-electron chi connectivity index (χ1n) is 9.38. The summed E-state index contributed by atoms with van der Waals surface area (Å²) in [5.74, 6) is 0.524. The fraction of sp³-hybridized carbons (Fsp3) is 0.208. The maximum absolute atomic E-state index is 12.3. The van der Waals surface area contributed by atoms with Crippen molar-refractivity contribution < 1.29 is 14.3 Å². The Balaban J connectivity index is 1.94. The topological polar surface area (TPSA) is 35.5 Å². The molecule has 0 atom stereocenters. The lowest BCUT2D eigenvalue weighted by molar-refractivity contribution is 0.0978. The van der Waals surface area contributed by atoms with Gasteiger partial charge in [0.15, 0.2) is 0 Å². The van der Waals surface area contributed by atoms with E-state index < -0.39 is 6.16 Å². The zero-order valence-corrected chi connectivity index (χ0v) is 15.6. The molecule has 0 N–H and O–H groups in total. The second-order valence-electron chi connectivity index (χ2n) is 6.32. The van der Waals surface area contributed by atoms with Gasteiger partial charge in [-0.3, -0.25) is 0 Å². The summed E-state index contributed by atoms with van der Waals surface area (Å²) in [4.78, 5) is 12.3. The third-order valence-electron chi connectivity index (χ3n) is 4.34. The van der Waals surface area contributed by atoms with Gasteiger partial charge in [0, 0.05) is 11.1 Å². The summed E-state index contributed by atoms with van der Waals surface area (Å²) in [6, 6.07) is 25.7. The van der Waals surface area contributed by atoms with Crippen molar-refractivity contribution >= 4 is 6.16 Å². The first kappa shape index (κ1) is 18.7. The van der Waals surface area contributed by atoms with E-state index >= 15 is 0 Å². The van der Waals surface area contributed by atoms with E-state index in [0.29, 0.717) is 12.4 Å². The van der Waals surface area contributed by atoms with Gasteiger partial charge in [-0.25, -0.2) is 4.79 Å². The minimum atomic E-state index is -0.660. The molecule has 0 fully saturated rings. The molecule has 0 spiro atoms. The molecule has 3 nitrogen and oxygen atoms in total. The van der Waals surface area contributed by atoms with Gasteiger partial charge < -0.3 is 9.47 Å². The smallest absolute Gasteiger partial charge is 0.434 e. The highest BCUT2D eigenvalue weighted by Gasteiger charge is 2.17. The van der Waals surface area contributed by atoms with Crippen LogP contribution in [0.5, 0.6) is 5.75 Å². The third kappa shape index (κ3) is 4.98. The highest BCUT2D eigenvalue weighted by molar-refractivity contribution is 5.85. The first-order chi connectivity index (χ1) is 13.3. The number of para-hydroxylation sites is 1. The standard InChI is InChI=1S/C24H24O3/c1-2-3-10-18-26-24(25)27-23-21(19-12-6-4-7-13-19)16-11-17-22(23)20-14-8-5-9-15-20/h4-9,11-17H,2-3,10,18H2,1H3. The van der Waals surface area contributed by atoms with Crippen LogP contribution >= 0.6 is 0 Å². The van der Waals surface area contributed by atoms with E-state index in [1.807, 2.05) is 78.9 Å². The van der Waals surface area contributed by atoms with E-state index in [1.54, 1.807) is 0 Å². The quantitative estimate of drug-likeness (QED) is 0.266. The van der Waals surface area contributed by atoms with Crippen molar-refractivity contribution in [1.82, 2.24) is 0 Å². The minimum absolute atomic E-state index is 0.376. The lowest BCUT2D eigenvalue weighted by Crippen LogP contribution is -2.12. The lowest BCUT2D eigenvalue weighted by Gasteiger charge is -2.15. The molecule has 138 valence electrons.